The molecule has 1 aromatic carbocycles. The lowest BCUT2D eigenvalue weighted by atomic mass is 10.3. The van der Waals surface area contributed by atoms with Gasteiger partial charge in [0.25, 0.3) is 0 Å². The smallest absolute Gasteiger partial charge is 0.352 e. The van der Waals surface area contributed by atoms with Crippen molar-refractivity contribution in [3.63, 3.8) is 0 Å². The number of fused-ring (bicyclic) bond motifs is 1. The van der Waals surface area contributed by atoms with E-state index in [-0.39, 0.29) is 19.9 Å². The summed E-state index contributed by atoms with van der Waals surface area (Å²) in [6.07, 6.45) is 2.80. The average molecular weight is 383 g/mol. The van der Waals surface area contributed by atoms with Crippen molar-refractivity contribution >= 4 is 0 Å². The summed E-state index contributed by atoms with van der Waals surface area (Å²) in [5.74, 6) is 1.03. The summed E-state index contributed by atoms with van der Waals surface area (Å²) < 4.78 is 23.9. The van der Waals surface area contributed by atoms with Gasteiger partial charge in [-0.25, -0.2) is 23.5 Å². The largest absolute Gasteiger partial charge is 0.454 e. The lowest BCUT2D eigenvalue weighted by molar-refractivity contribution is 0.174. The third-order valence-corrected chi connectivity index (χ3v) is 4.34. The van der Waals surface area contributed by atoms with Gasteiger partial charge in [0.2, 0.25) is 6.79 Å². The summed E-state index contributed by atoms with van der Waals surface area (Å²) in [5, 5.41) is 7.64. The van der Waals surface area contributed by atoms with Gasteiger partial charge < -0.3 is 18.5 Å². The molecule has 1 aliphatic heterocycles. The van der Waals surface area contributed by atoms with Crippen LogP contribution >= 0.6 is 0 Å². The molecule has 0 N–H and O–H groups in total. The van der Waals surface area contributed by atoms with Crippen LogP contribution in [0.25, 0.3) is 5.69 Å². The van der Waals surface area contributed by atoms with Gasteiger partial charge in [0, 0.05) is 18.2 Å². The number of ether oxygens (including phenoxy) is 2. The normalized spacial score (nSPS) is 12.6. The van der Waals surface area contributed by atoms with E-state index >= 15 is 0 Å². The lowest BCUT2D eigenvalue weighted by Crippen LogP contribution is -2.28. The second-order valence-corrected chi connectivity index (χ2v) is 6.03. The monoisotopic (exact) mass is 383 g/mol. The third kappa shape index (κ3) is 2.60. The molecule has 5 rings (SSSR count). The first-order chi connectivity index (χ1) is 13.7. The van der Waals surface area contributed by atoms with E-state index in [1.807, 2.05) is 0 Å². The van der Waals surface area contributed by atoms with Crippen LogP contribution in [0.3, 0.4) is 0 Å². The summed E-state index contributed by atoms with van der Waals surface area (Å²) in [7, 11) is 0. The summed E-state index contributed by atoms with van der Waals surface area (Å²) in [5.41, 5.74) is 0.301. The van der Waals surface area contributed by atoms with Crippen molar-refractivity contribution in [2.24, 2.45) is 0 Å². The SMILES string of the molecule is O=c1n(-c2ccc3c(c2)OCO3)c(=O)n(Cc2ccon2)n1Cc1ccon1. The minimum atomic E-state index is -0.532. The molecular formula is C17H13N5O6. The van der Waals surface area contributed by atoms with Gasteiger partial charge in [-0.3, -0.25) is 0 Å². The van der Waals surface area contributed by atoms with E-state index in [4.69, 9.17) is 18.5 Å². The third-order valence-electron chi connectivity index (χ3n) is 4.34. The Kier molecular flexibility index (Phi) is 3.64. The van der Waals surface area contributed by atoms with Crippen LogP contribution in [0.1, 0.15) is 11.4 Å². The maximum Gasteiger partial charge on any atom is 0.352 e. The van der Waals surface area contributed by atoms with Crippen LogP contribution in [0, 0.1) is 0 Å². The van der Waals surface area contributed by atoms with Gasteiger partial charge in [-0.05, 0) is 12.1 Å². The molecule has 0 radical (unpaired) electrons. The second kappa shape index (κ2) is 6.30. The van der Waals surface area contributed by atoms with Gasteiger partial charge in [0.1, 0.15) is 23.9 Å². The molecule has 28 heavy (non-hydrogen) atoms. The van der Waals surface area contributed by atoms with Gasteiger partial charge in [0.15, 0.2) is 11.5 Å². The molecule has 0 spiro atoms. The molecule has 0 atom stereocenters. The molecule has 0 unspecified atom stereocenters. The predicted molar refractivity (Wildman–Crippen MR) is 91.6 cm³/mol. The lowest BCUT2D eigenvalue weighted by Gasteiger charge is -2.05. The van der Waals surface area contributed by atoms with E-state index in [1.54, 1.807) is 30.3 Å². The molecule has 3 aromatic heterocycles. The Balaban J connectivity index is 1.66. The van der Waals surface area contributed by atoms with E-state index < -0.39 is 11.4 Å². The second-order valence-electron chi connectivity index (χ2n) is 6.03. The van der Waals surface area contributed by atoms with Crippen molar-refractivity contribution in [1.29, 1.82) is 0 Å². The van der Waals surface area contributed by atoms with Crippen molar-refractivity contribution < 1.29 is 18.5 Å². The van der Waals surface area contributed by atoms with Crippen molar-refractivity contribution in [3.8, 4) is 17.2 Å². The maximum atomic E-state index is 13.1. The number of rotatable bonds is 5. The van der Waals surface area contributed by atoms with Crippen LogP contribution in [0.5, 0.6) is 11.5 Å². The first-order valence-electron chi connectivity index (χ1n) is 8.32. The van der Waals surface area contributed by atoms with Crippen LogP contribution in [-0.4, -0.2) is 31.0 Å². The zero-order valence-electron chi connectivity index (χ0n) is 14.3. The van der Waals surface area contributed by atoms with Crippen molar-refractivity contribution in [1.82, 2.24) is 24.2 Å². The van der Waals surface area contributed by atoms with E-state index in [1.165, 1.54) is 21.9 Å². The van der Waals surface area contributed by atoms with E-state index in [0.29, 0.717) is 28.6 Å². The maximum absolute atomic E-state index is 13.1. The topological polar surface area (TPSA) is 119 Å². The molecular weight excluding hydrogens is 370 g/mol. The molecule has 0 fully saturated rings. The van der Waals surface area contributed by atoms with Gasteiger partial charge in [-0.15, -0.1) is 0 Å². The molecule has 11 nitrogen and oxygen atoms in total. The molecule has 1 aliphatic rings. The summed E-state index contributed by atoms with van der Waals surface area (Å²) in [6.45, 7) is 0.206. The number of nitrogens with zero attached hydrogens (tertiary/aromatic N) is 5. The number of hydrogen-bond acceptors (Lipinski definition) is 8. The molecule has 0 saturated carbocycles. The highest BCUT2D eigenvalue weighted by molar-refractivity contribution is 5.49. The zero-order chi connectivity index (χ0) is 19.1. The highest BCUT2D eigenvalue weighted by Gasteiger charge is 2.21. The van der Waals surface area contributed by atoms with E-state index in [0.717, 1.165) is 4.57 Å². The van der Waals surface area contributed by atoms with Gasteiger partial charge >= 0.3 is 11.4 Å². The van der Waals surface area contributed by atoms with Gasteiger partial charge in [0.05, 0.1) is 18.8 Å². The fourth-order valence-corrected chi connectivity index (χ4v) is 3.02. The highest BCUT2D eigenvalue weighted by Crippen LogP contribution is 2.33. The Morgan fingerprint density at radius 2 is 1.43 bits per heavy atom. The van der Waals surface area contributed by atoms with Gasteiger partial charge in [-0.1, -0.05) is 10.3 Å². The Labute approximate surface area is 155 Å². The van der Waals surface area contributed by atoms with Crippen LogP contribution in [-0.2, 0) is 13.1 Å². The standard InChI is InChI=1S/C17H13N5O6/c23-16-20(8-11-3-5-27-18-11)21(9-12-4-6-28-19-12)17(24)22(16)13-1-2-14-15(7-13)26-10-25-14/h1-7H,8-10H2. The molecule has 0 saturated heterocycles. The van der Waals surface area contributed by atoms with Gasteiger partial charge in [-0.2, -0.15) is 0 Å². The Hall–Kier alpha value is -4.02. The van der Waals surface area contributed by atoms with E-state index in [9.17, 15) is 9.59 Å². The Morgan fingerprint density at radius 1 is 0.821 bits per heavy atom. The first-order valence-corrected chi connectivity index (χ1v) is 8.32. The highest BCUT2D eigenvalue weighted by atomic mass is 16.7. The molecule has 11 heteroatoms. The molecule has 4 heterocycles. The minimum Gasteiger partial charge on any atom is -0.454 e. The fraction of sp³-hybridized carbons (Fsp3) is 0.176. The fourth-order valence-electron chi connectivity index (χ4n) is 3.02. The van der Waals surface area contributed by atoms with Crippen LogP contribution in [0.2, 0.25) is 0 Å². The molecule has 0 aliphatic carbocycles. The quantitative estimate of drug-likeness (QED) is 0.491. The minimum absolute atomic E-state index is 0.0555. The molecule has 142 valence electrons. The number of benzene rings is 1. The van der Waals surface area contributed by atoms with Crippen molar-refractivity contribution in [2.75, 3.05) is 6.79 Å². The van der Waals surface area contributed by atoms with Crippen LogP contribution < -0.4 is 20.9 Å². The van der Waals surface area contributed by atoms with Crippen LogP contribution in [0.15, 0.2) is 61.5 Å². The Bertz CT molecular complexity index is 1160. The number of hydrogen-bond donors (Lipinski definition) is 0. The first kappa shape index (κ1) is 16.2. The summed E-state index contributed by atoms with van der Waals surface area (Å²) in [4.78, 5) is 26.2. The van der Waals surface area contributed by atoms with Crippen molar-refractivity contribution in [2.45, 2.75) is 13.1 Å². The van der Waals surface area contributed by atoms with Crippen molar-refractivity contribution in [3.05, 3.63) is 75.2 Å². The number of aromatic nitrogens is 5. The predicted octanol–water partition coefficient (Wildman–Crippen LogP) is 0.602. The molecule has 4 aromatic rings. The molecule has 0 bridgehead atoms. The Morgan fingerprint density at radius 3 is 2.00 bits per heavy atom. The van der Waals surface area contributed by atoms with E-state index in [2.05, 4.69) is 10.3 Å². The summed E-state index contributed by atoms with van der Waals surface area (Å²) in [6, 6.07) is 8.11. The molecule has 0 amide bonds. The van der Waals surface area contributed by atoms with Crippen LogP contribution in [0.4, 0.5) is 0 Å². The average Bonchev–Trinajstić information content (AvgIpc) is 3.48. The summed E-state index contributed by atoms with van der Waals surface area (Å²) >= 11 is 0. The zero-order valence-corrected chi connectivity index (χ0v) is 14.3.